The van der Waals surface area contributed by atoms with Gasteiger partial charge in [0, 0.05) is 0 Å². The molecular formula is C9H8ClF3O. The predicted octanol–water partition coefficient (Wildman–Crippen LogP) is 3.68. The van der Waals surface area contributed by atoms with E-state index in [9.17, 15) is 13.2 Å². The molecule has 78 valence electrons. The molecule has 0 saturated heterocycles. The van der Waals surface area contributed by atoms with Crippen molar-refractivity contribution in [3.8, 4) is 5.75 Å². The lowest BCUT2D eigenvalue weighted by Crippen LogP contribution is -2.06. The van der Waals surface area contributed by atoms with E-state index in [2.05, 4.69) is 0 Å². The average molecular weight is 225 g/mol. The van der Waals surface area contributed by atoms with Crippen molar-refractivity contribution in [2.75, 3.05) is 7.11 Å². The third kappa shape index (κ3) is 2.12. The summed E-state index contributed by atoms with van der Waals surface area (Å²) >= 11 is 5.46. The van der Waals surface area contributed by atoms with Gasteiger partial charge in [-0.2, -0.15) is 13.2 Å². The Balaban J connectivity index is 3.29. The summed E-state index contributed by atoms with van der Waals surface area (Å²) in [5.74, 6) is 0.350. The minimum absolute atomic E-state index is 0.347. The van der Waals surface area contributed by atoms with Crippen LogP contribution in [-0.2, 0) is 6.18 Å². The number of hydrogen-bond donors (Lipinski definition) is 0. The van der Waals surface area contributed by atoms with Gasteiger partial charge in [-0.15, -0.1) is 0 Å². The first kappa shape index (κ1) is 11.2. The van der Waals surface area contributed by atoms with Crippen LogP contribution in [0.3, 0.4) is 0 Å². The molecule has 0 aromatic heterocycles. The van der Waals surface area contributed by atoms with Gasteiger partial charge in [0.2, 0.25) is 0 Å². The number of benzene rings is 1. The molecule has 0 fully saturated rings. The number of halogens is 4. The zero-order valence-corrected chi connectivity index (χ0v) is 8.33. The summed E-state index contributed by atoms with van der Waals surface area (Å²) in [6.07, 6.45) is -4.42. The Morgan fingerprint density at radius 2 is 1.86 bits per heavy atom. The number of ether oxygens (including phenoxy) is 1. The van der Waals surface area contributed by atoms with Crippen LogP contribution in [0, 0.1) is 6.92 Å². The van der Waals surface area contributed by atoms with Crippen LogP contribution in [0.15, 0.2) is 12.1 Å². The van der Waals surface area contributed by atoms with Crippen LogP contribution in [-0.4, -0.2) is 7.11 Å². The highest BCUT2D eigenvalue weighted by molar-refractivity contribution is 6.31. The molecule has 5 heteroatoms. The minimum Gasteiger partial charge on any atom is -0.496 e. The Morgan fingerprint density at radius 3 is 2.29 bits per heavy atom. The van der Waals surface area contributed by atoms with Gasteiger partial charge in [-0.25, -0.2) is 0 Å². The van der Waals surface area contributed by atoms with Crippen molar-refractivity contribution in [3.05, 3.63) is 28.3 Å². The molecule has 1 nitrogen and oxygen atoms in total. The van der Waals surface area contributed by atoms with Gasteiger partial charge in [0.1, 0.15) is 5.75 Å². The molecule has 0 unspecified atom stereocenters. The average Bonchev–Trinajstić information content (AvgIpc) is 2.06. The van der Waals surface area contributed by atoms with Gasteiger partial charge in [-0.3, -0.25) is 0 Å². The number of alkyl halides is 3. The van der Waals surface area contributed by atoms with E-state index < -0.39 is 11.7 Å². The Bertz CT molecular complexity index is 347. The molecule has 1 rings (SSSR count). The van der Waals surface area contributed by atoms with Gasteiger partial charge in [0.15, 0.2) is 0 Å². The highest BCUT2D eigenvalue weighted by atomic mass is 35.5. The first-order valence-corrected chi connectivity index (χ1v) is 4.15. The maximum atomic E-state index is 12.3. The van der Waals surface area contributed by atoms with Crippen LogP contribution >= 0.6 is 11.6 Å². The van der Waals surface area contributed by atoms with Crippen LogP contribution in [0.5, 0.6) is 5.75 Å². The molecular weight excluding hydrogens is 217 g/mol. The van der Waals surface area contributed by atoms with E-state index in [1.54, 1.807) is 0 Å². The molecule has 0 aliphatic heterocycles. The Kier molecular flexibility index (Phi) is 2.95. The molecule has 0 aliphatic rings. The maximum absolute atomic E-state index is 12.3. The quantitative estimate of drug-likeness (QED) is 0.707. The van der Waals surface area contributed by atoms with Crippen molar-refractivity contribution in [2.45, 2.75) is 13.1 Å². The maximum Gasteiger partial charge on any atom is 0.417 e. The van der Waals surface area contributed by atoms with Gasteiger partial charge in [-0.05, 0) is 24.6 Å². The topological polar surface area (TPSA) is 9.23 Å². The van der Waals surface area contributed by atoms with Gasteiger partial charge in [0.05, 0.1) is 17.7 Å². The van der Waals surface area contributed by atoms with Gasteiger partial charge in [-0.1, -0.05) is 11.6 Å². The van der Waals surface area contributed by atoms with E-state index in [4.69, 9.17) is 16.3 Å². The third-order valence-electron chi connectivity index (χ3n) is 1.79. The molecule has 1 aromatic carbocycles. The first-order valence-electron chi connectivity index (χ1n) is 3.77. The molecule has 0 amide bonds. The van der Waals surface area contributed by atoms with E-state index in [1.165, 1.54) is 20.1 Å². The van der Waals surface area contributed by atoms with Crippen molar-refractivity contribution in [1.29, 1.82) is 0 Å². The lowest BCUT2D eigenvalue weighted by atomic mass is 10.1. The molecule has 1 aromatic rings. The van der Waals surface area contributed by atoms with E-state index in [0.717, 1.165) is 6.07 Å². The molecule has 0 heterocycles. The normalized spacial score (nSPS) is 11.6. The van der Waals surface area contributed by atoms with E-state index in [-0.39, 0.29) is 5.02 Å². The Labute approximate surface area is 84.4 Å². The predicted molar refractivity (Wildman–Crippen MR) is 47.7 cm³/mol. The second kappa shape index (κ2) is 3.69. The van der Waals surface area contributed by atoms with E-state index in [0.29, 0.717) is 11.3 Å². The zero-order valence-electron chi connectivity index (χ0n) is 7.57. The van der Waals surface area contributed by atoms with Crippen molar-refractivity contribution < 1.29 is 17.9 Å². The highest BCUT2D eigenvalue weighted by Gasteiger charge is 2.33. The number of aryl methyl sites for hydroxylation is 1. The van der Waals surface area contributed by atoms with Crippen LogP contribution in [0.1, 0.15) is 11.1 Å². The molecule has 14 heavy (non-hydrogen) atoms. The molecule has 0 N–H and O–H groups in total. The molecule has 0 saturated carbocycles. The summed E-state index contributed by atoms with van der Waals surface area (Å²) < 4.78 is 41.9. The molecule has 0 aliphatic carbocycles. The largest absolute Gasteiger partial charge is 0.496 e. The molecule has 0 spiro atoms. The SMILES string of the molecule is COc1cc(Cl)c(C(F)(F)F)cc1C. The fourth-order valence-electron chi connectivity index (χ4n) is 1.10. The number of rotatable bonds is 1. The first-order chi connectivity index (χ1) is 6.36. The minimum atomic E-state index is -4.42. The second-order valence-electron chi connectivity index (χ2n) is 2.80. The Hall–Kier alpha value is -0.900. The van der Waals surface area contributed by atoms with Crippen molar-refractivity contribution in [3.63, 3.8) is 0 Å². The Morgan fingerprint density at radius 1 is 1.29 bits per heavy atom. The smallest absolute Gasteiger partial charge is 0.417 e. The van der Waals surface area contributed by atoms with Crippen molar-refractivity contribution >= 4 is 11.6 Å². The molecule has 0 atom stereocenters. The van der Waals surface area contributed by atoms with Gasteiger partial charge >= 0.3 is 6.18 Å². The summed E-state index contributed by atoms with van der Waals surface area (Å²) in [4.78, 5) is 0. The lowest BCUT2D eigenvalue weighted by Gasteiger charge is -2.12. The number of methoxy groups -OCH3 is 1. The monoisotopic (exact) mass is 224 g/mol. The van der Waals surface area contributed by atoms with E-state index in [1.807, 2.05) is 0 Å². The fraction of sp³-hybridized carbons (Fsp3) is 0.333. The summed E-state index contributed by atoms with van der Waals surface area (Å²) in [7, 11) is 1.38. The summed E-state index contributed by atoms with van der Waals surface area (Å²) in [5, 5.41) is -0.347. The van der Waals surface area contributed by atoms with Crippen molar-refractivity contribution in [2.24, 2.45) is 0 Å². The third-order valence-corrected chi connectivity index (χ3v) is 2.10. The van der Waals surface area contributed by atoms with Gasteiger partial charge < -0.3 is 4.74 Å². The van der Waals surface area contributed by atoms with E-state index >= 15 is 0 Å². The van der Waals surface area contributed by atoms with Crippen molar-refractivity contribution in [1.82, 2.24) is 0 Å². The molecule has 0 bridgehead atoms. The fourth-order valence-corrected chi connectivity index (χ4v) is 1.36. The molecule has 0 radical (unpaired) electrons. The zero-order chi connectivity index (χ0) is 10.9. The van der Waals surface area contributed by atoms with Gasteiger partial charge in [0.25, 0.3) is 0 Å². The summed E-state index contributed by atoms with van der Waals surface area (Å²) in [5.41, 5.74) is -0.429. The summed E-state index contributed by atoms with van der Waals surface area (Å²) in [6.45, 7) is 1.53. The standard InChI is InChI=1S/C9H8ClF3O/c1-5-3-6(9(11,12)13)7(10)4-8(5)14-2/h3-4H,1-2H3. The van der Waals surface area contributed by atoms with Crippen LogP contribution in [0.4, 0.5) is 13.2 Å². The lowest BCUT2D eigenvalue weighted by molar-refractivity contribution is -0.137. The van der Waals surface area contributed by atoms with Crippen LogP contribution in [0.2, 0.25) is 5.02 Å². The second-order valence-corrected chi connectivity index (χ2v) is 3.21. The number of hydrogen-bond acceptors (Lipinski definition) is 1. The summed E-state index contributed by atoms with van der Waals surface area (Å²) in [6, 6.07) is 2.14. The van der Waals surface area contributed by atoms with Crippen LogP contribution < -0.4 is 4.74 Å². The van der Waals surface area contributed by atoms with Crippen LogP contribution in [0.25, 0.3) is 0 Å². The highest BCUT2D eigenvalue weighted by Crippen LogP contribution is 2.37.